The van der Waals surface area contributed by atoms with Crippen LogP contribution < -0.4 is 4.74 Å². The zero-order chi connectivity index (χ0) is 15.6. The minimum Gasteiger partial charge on any atom is -0.488 e. The van der Waals surface area contributed by atoms with Crippen LogP contribution in [0.4, 0.5) is 0 Å². The smallest absolute Gasteiger partial charge is 0.140 e. The van der Waals surface area contributed by atoms with Crippen molar-refractivity contribution in [2.24, 2.45) is 11.8 Å². The molecule has 2 aromatic rings. The van der Waals surface area contributed by atoms with Gasteiger partial charge in [-0.3, -0.25) is 14.9 Å². The first-order valence-electron chi connectivity index (χ1n) is 8.50. The summed E-state index contributed by atoms with van der Waals surface area (Å²) in [4.78, 5) is 11.3. The Balaban J connectivity index is 1.41. The van der Waals surface area contributed by atoms with Gasteiger partial charge >= 0.3 is 0 Å². The van der Waals surface area contributed by atoms with E-state index < -0.39 is 0 Å². The molecule has 0 N–H and O–H groups in total. The summed E-state index contributed by atoms with van der Waals surface area (Å²) in [5.74, 6) is 2.35. The van der Waals surface area contributed by atoms with Gasteiger partial charge in [-0.25, -0.2) is 0 Å². The highest BCUT2D eigenvalue weighted by Crippen LogP contribution is 2.40. The molecule has 4 nitrogen and oxygen atoms in total. The fraction of sp³-hybridized carbons (Fsp3) is 0.474. The number of aryl methyl sites for hydroxylation is 1. The highest BCUT2D eigenvalue weighted by Gasteiger charge is 2.43. The average Bonchev–Trinajstić information content (AvgIpc) is 3.12. The summed E-state index contributed by atoms with van der Waals surface area (Å²) in [6.45, 7) is 5.26. The lowest BCUT2D eigenvalue weighted by Crippen LogP contribution is -2.28. The van der Waals surface area contributed by atoms with Gasteiger partial charge < -0.3 is 4.74 Å². The first kappa shape index (κ1) is 14.6. The van der Waals surface area contributed by atoms with Gasteiger partial charge in [0, 0.05) is 37.9 Å². The zero-order valence-corrected chi connectivity index (χ0v) is 13.6. The summed E-state index contributed by atoms with van der Waals surface area (Å²) in [6, 6.07) is 10.1. The minimum absolute atomic E-state index is 0.330. The second-order valence-electron chi connectivity index (χ2n) is 6.76. The fourth-order valence-corrected chi connectivity index (χ4v) is 4.06. The number of hydrogen-bond donors (Lipinski definition) is 0. The van der Waals surface area contributed by atoms with E-state index in [0.29, 0.717) is 12.0 Å². The van der Waals surface area contributed by atoms with Crippen molar-refractivity contribution in [2.75, 3.05) is 13.1 Å². The van der Waals surface area contributed by atoms with Gasteiger partial charge in [0.15, 0.2) is 0 Å². The summed E-state index contributed by atoms with van der Waals surface area (Å²) in [7, 11) is 0. The Morgan fingerprint density at radius 1 is 1.09 bits per heavy atom. The van der Waals surface area contributed by atoms with E-state index in [2.05, 4.69) is 27.0 Å². The molecule has 1 aliphatic carbocycles. The molecule has 0 radical (unpaired) electrons. The van der Waals surface area contributed by atoms with Crippen LogP contribution in [0.1, 0.15) is 24.2 Å². The quantitative estimate of drug-likeness (QED) is 0.870. The molecule has 3 atom stereocenters. The predicted octanol–water partition coefficient (Wildman–Crippen LogP) is 3.07. The van der Waals surface area contributed by atoms with Gasteiger partial charge in [0.25, 0.3) is 0 Å². The van der Waals surface area contributed by atoms with Crippen molar-refractivity contribution in [1.82, 2.24) is 14.9 Å². The van der Waals surface area contributed by atoms with Crippen LogP contribution in [0.25, 0.3) is 0 Å². The lowest BCUT2D eigenvalue weighted by molar-refractivity contribution is 0.146. The van der Waals surface area contributed by atoms with E-state index in [1.165, 1.54) is 19.4 Å². The SMILES string of the molecule is Cc1ncccc1O[C@@H]1CC[C@@H]2CN(Cc3ccccn3)C[C@@H]21. The third-order valence-corrected chi connectivity index (χ3v) is 5.22. The number of hydrogen-bond acceptors (Lipinski definition) is 4. The maximum Gasteiger partial charge on any atom is 0.140 e. The molecule has 0 bridgehead atoms. The van der Waals surface area contributed by atoms with Crippen molar-refractivity contribution in [2.45, 2.75) is 32.4 Å². The molecule has 23 heavy (non-hydrogen) atoms. The molecule has 2 aromatic heterocycles. The van der Waals surface area contributed by atoms with Gasteiger partial charge in [-0.05, 0) is 49.9 Å². The molecule has 1 saturated carbocycles. The van der Waals surface area contributed by atoms with Crippen molar-refractivity contribution in [1.29, 1.82) is 0 Å². The Labute approximate surface area is 137 Å². The maximum atomic E-state index is 6.31. The molecule has 0 unspecified atom stereocenters. The minimum atomic E-state index is 0.330. The zero-order valence-electron chi connectivity index (χ0n) is 13.6. The van der Waals surface area contributed by atoms with Gasteiger partial charge in [-0.2, -0.15) is 0 Å². The van der Waals surface area contributed by atoms with E-state index in [1.54, 1.807) is 0 Å². The van der Waals surface area contributed by atoms with Crippen molar-refractivity contribution >= 4 is 0 Å². The Hall–Kier alpha value is -1.94. The highest BCUT2D eigenvalue weighted by atomic mass is 16.5. The average molecular weight is 309 g/mol. The van der Waals surface area contributed by atoms with Gasteiger partial charge in [0.05, 0.1) is 11.4 Å². The number of pyridine rings is 2. The molecule has 0 amide bonds. The Bertz CT molecular complexity index is 661. The van der Waals surface area contributed by atoms with Crippen LogP contribution in [-0.4, -0.2) is 34.1 Å². The molecule has 0 spiro atoms. The third-order valence-electron chi connectivity index (χ3n) is 5.22. The largest absolute Gasteiger partial charge is 0.488 e. The molecule has 3 heterocycles. The molecular weight excluding hydrogens is 286 g/mol. The molecule has 2 aliphatic rings. The predicted molar refractivity (Wildman–Crippen MR) is 89.1 cm³/mol. The van der Waals surface area contributed by atoms with Crippen LogP contribution in [0.5, 0.6) is 5.75 Å². The van der Waals surface area contributed by atoms with Crippen molar-refractivity contribution in [3.8, 4) is 5.75 Å². The Kier molecular flexibility index (Phi) is 4.00. The second-order valence-corrected chi connectivity index (χ2v) is 6.76. The molecule has 2 fully saturated rings. The summed E-state index contributed by atoms with van der Waals surface area (Å²) < 4.78 is 6.31. The normalized spacial score (nSPS) is 27.1. The first-order valence-corrected chi connectivity index (χ1v) is 8.50. The van der Waals surface area contributed by atoms with Crippen LogP contribution in [0.15, 0.2) is 42.7 Å². The van der Waals surface area contributed by atoms with E-state index in [-0.39, 0.29) is 0 Å². The van der Waals surface area contributed by atoms with Crippen LogP contribution in [0.2, 0.25) is 0 Å². The summed E-state index contributed by atoms with van der Waals surface area (Å²) in [6.07, 6.45) is 6.47. The molecule has 1 aliphatic heterocycles. The summed E-state index contributed by atoms with van der Waals surface area (Å²) >= 11 is 0. The number of likely N-dealkylation sites (tertiary alicyclic amines) is 1. The van der Waals surface area contributed by atoms with Crippen LogP contribution in [0.3, 0.4) is 0 Å². The van der Waals surface area contributed by atoms with Crippen molar-refractivity contribution in [3.63, 3.8) is 0 Å². The topological polar surface area (TPSA) is 38.2 Å². The number of rotatable bonds is 4. The van der Waals surface area contributed by atoms with E-state index in [1.807, 2.05) is 37.5 Å². The van der Waals surface area contributed by atoms with E-state index in [9.17, 15) is 0 Å². The van der Waals surface area contributed by atoms with E-state index >= 15 is 0 Å². The Morgan fingerprint density at radius 3 is 2.83 bits per heavy atom. The highest BCUT2D eigenvalue weighted by molar-refractivity contribution is 5.26. The van der Waals surface area contributed by atoms with Crippen LogP contribution in [-0.2, 0) is 6.54 Å². The van der Waals surface area contributed by atoms with E-state index in [0.717, 1.165) is 36.1 Å². The fourth-order valence-electron chi connectivity index (χ4n) is 4.06. The second kappa shape index (κ2) is 6.28. The maximum absolute atomic E-state index is 6.31. The first-order chi connectivity index (χ1) is 11.3. The molecule has 1 saturated heterocycles. The lowest BCUT2D eigenvalue weighted by atomic mass is 9.99. The van der Waals surface area contributed by atoms with Crippen LogP contribution in [0, 0.1) is 18.8 Å². The Morgan fingerprint density at radius 2 is 2.00 bits per heavy atom. The number of fused-ring (bicyclic) bond motifs is 1. The number of nitrogens with zero attached hydrogens (tertiary/aromatic N) is 3. The van der Waals surface area contributed by atoms with Gasteiger partial charge in [0.2, 0.25) is 0 Å². The number of ether oxygens (including phenoxy) is 1. The van der Waals surface area contributed by atoms with E-state index in [4.69, 9.17) is 4.74 Å². The van der Waals surface area contributed by atoms with Crippen LogP contribution >= 0.6 is 0 Å². The molecule has 120 valence electrons. The molecule has 4 heteroatoms. The van der Waals surface area contributed by atoms with Gasteiger partial charge in [0.1, 0.15) is 11.9 Å². The summed E-state index contributed by atoms with van der Waals surface area (Å²) in [5.41, 5.74) is 2.15. The summed E-state index contributed by atoms with van der Waals surface area (Å²) in [5, 5.41) is 0. The standard InChI is InChI=1S/C19H23N3O/c1-14-18(6-4-10-20-14)23-19-8-7-15-11-22(13-17(15)19)12-16-5-2-3-9-21-16/h2-6,9-10,15,17,19H,7-8,11-13H2,1H3/t15-,17+,19-/m1/s1. The molecule has 4 rings (SSSR count). The molecule has 0 aromatic carbocycles. The van der Waals surface area contributed by atoms with Crippen molar-refractivity contribution < 1.29 is 4.74 Å². The monoisotopic (exact) mass is 309 g/mol. The van der Waals surface area contributed by atoms with Gasteiger partial charge in [-0.1, -0.05) is 6.07 Å². The number of aromatic nitrogens is 2. The third kappa shape index (κ3) is 3.08. The van der Waals surface area contributed by atoms with Gasteiger partial charge in [-0.15, -0.1) is 0 Å². The van der Waals surface area contributed by atoms with Crippen molar-refractivity contribution in [3.05, 3.63) is 54.1 Å². The lowest BCUT2D eigenvalue weighted by Gasteiger charge is -2.22. The molecular formula is C19H23N3O.